The van der Waals surface area contributed by atoms with Gasteiger partial charge < -0.3 is 9.80 Å². The molecule has 1 amide bonds. The minimum atomic E-state index is 0.0808. The van der Waals surface area contributed by atoms with Gasteiger partial charge in [0.05, 0.1) is 19.0 Å². The third-order valence-corrected chi connectivity index (χ3v) is 6.28. The van der Waals surface area contributed by atoms with Crippen LogP contribution in [0.15, 0.2) is 35.7 Å². The summed E-state index contributed by atoms with van der Waals surface area (Å²) in [6, 6.07) is 12.6. The summed E-state index contributed by atoms with van der Waals surface area (Å²) in [6.45, 7) is 9.85. The number of rotatable bonds is 8. The predicted octanol–water partition coefficient (Wildman–Crippen LogP) is 3.47. The first-order chi connectivity index (χ1) is 14.0. The van der Waals surface area contributed by atoms with Crippen molar-refractivity contribution in [1.82, 2.24) is 9.80 Å². The molecular weight excluding hydrogens is 380 g/mol. The molecule has 2 aromatic rings. The van der Waals surface area contributed by atoms with E-state index in [0.717, 1.165) is 56.0 Å². The van der Waals surface area contributed by atoms with Gasteiger partial charge in [0.1, 0.15) is 0 Å². The number of hydrogen-bond acceptors (Lipinski definition) is 5. The van der Waals surface area contributed by atoms with E-state index in [1.54, 1.807) is 4.90 Å². The zero-order chi connectivity index (χ0) is 20.6. The highest BCUT2D eigenvalue weighted by atomic mass is 32.1. The summed E-state index contributed by atoms with van der Waals surface area (Å²) in [4.78, 5) is 21.0. The van der Waals surface area contributed by atoms with E-state index in [2.05, 4.69) is 39.4 Å². The Hall–Kier alpha value is -2.20. The van der Waals surface area contributed by atoms with Crippen LogP contribution < -0.4 is 4.90 Å². The fourth-order valence-corrected chi connectivity index (χ4v) is 4.54. The summed E-state index contributed by atoms with van der Waals surface area (Å²) < 4.78 is 0. The summed E-state index contributed by atoms with van der Waals surface area (Å²) in [5.41, 5.74) is 3.17. The molecule has 154 valence electrons. The van der Waals surface area contributed by atoms with Gasteiger partial charge in [-0.2, -0.15) is 5.26 Å². The van der Waals surface area contributed by atoms with Crippen LogP contribution in [0.25, 0.3) is 0 Å². The van der Waals surface area contributed by atoms with Crippen molar-refractivity contribution in [2.45, 2.75) is 26.7 Å². The summed E-state index contributed by atoms with van der Waals surface area (Å²) >= 11 is 1.82. The van der Waals surface area contributed by atoms with Gasteiger partial charge in [0.2, 0.25) is 5.91 Å². The largest absolute Gasteiger partial charge is 0.310 e. The standard InChI is InChI=1S/C23H30N4OS/c1-19-15-20(2)17-21(16-19)27(8-4-7-24)23(28)18-26-12-10-25(11-13-26)9-6-22-5-3-14-29-22/h3,5,14-17H,4,6,8-13,18H2,1-2H3. The summed E-state index contributed by atoms with van der Waals surface area (Å²) in [7, 11) is 0. The number of amides is 1. The third kappa shape index (κ3) is 6.40. The van der Waals surface area contributed by atoms with Crippen LogP contribution in [0.1, 0.15) is 22.4 Å². The van der Waals surface area contributed by atoms with E-state index in [1.165, 1.54) is 4.88 Å². The van der Waals surface area contributed by atoms with Crippen molar-refractivity contribution in [3.63, 3.8) is 0 Å². The number of thiophene rings is 1. The number of piperazine rings is 1. The maximum atomic E-state index is 13.1. The van der Waals surface area contributed by atoms with Gasteiger partial charge in [0.25, 0.3) is 0 Å². The molecule has 5 nitrogen and oxygen atoms in total. The Labute approximate surface area is 178 Å². The van der Waals surface area contributed by atoms with Gasteiger partial charge in [-0.1, -0.05) is 12.1 Å². The Balaban J connectivity index is 1.53. The molecule has 1 aromatic heterocycles. The Morgan fingerprint density at radius 2 is 1.83 bits per heavy atom. The van der Waals surface area contributed by atoms with Crippen LogP contribution in [0.2, 0.25) is 0 Å². The first-order valence-corrected chi connectivity index (χ1v) is 11.2. The molecule has 2 heterocycles. The van der Waals surface area contributed by atoms with E-state index in [1.807, 2.05) is 37.3 Å². The maximum Gasteiger partial charge on any atom is 0.241 e. The van der Waals surface area contributed by atoms with E-state index in [9.17, 15) is 4.79 Å². The molecule has 0 aliphatic carbocycles. The maximum absolute atomic E-state index is 13.1. The van der Waals surface area contributed by atoms with Gasteiger partial charge in [-0.05, 0) is 55.0 Å². The molecule has 3 rings (SSSR count). The van der Waals surface area contributed by atoms with Gasteiger partial charge in [-0.3, -0.25) is 9.69 Å². The lowest BCUT2D eigenvalue weighted by Crippen LogP contribution is -2.50. The van der Waals surface area contributed by atoms with Crippen LogP contribution in [-0.2, 0) is 11.2 Å². The number of carbonyl (C=O) groups is 1. The Bertz CT molecular complexity index is 815. The van der Waals surface area contributed by atoms with Crippen LogP contribution in [0.3, 0.4) is 0 Å². The molecule has 1 aromatic carbocycles. The fourth-order valence-electron chi connectivity index (χ4n) is 3.84. The van der Waals surface area contributed by atoms with Crippen molar-refractivity contribution in [2.24, 2.45) is 0 Å². The predicted molar refractivity (Wildman–Crippen MR) is 119 cm³/mol. The fraction of sp³-hybridized carbons (Fsp3) is 0.478. The van der Waals surface area contributed by atoms with Gasteiger partial charge in [-0.25, -0.2) is 0 Å². The first kappa shape index (κ1) is 21.5. The second kappa shape index (κ2) is 10.5. The quantitative estimate of drug-likeness (QED) is 0.669. The highest BCUT2D eigenvalue weighted by Crippen LogP contribution is 2.20. The monoisotopic (exact) mass is 410 g/mol. The molecule has 1 saturated heterocycles. The summed E-state index contributed by atoms with van der Waals surface area (Å²) in [5.74, 6) is 0.0808. The van der Waals surface area contributed by atoms with Gasteiger partial charge in [-0.15, -0.1) is 11.3 Å². The molecule has 1 fully saturated rings. The number of nitrogens with zero attached hydrogens (tertiary/aromatic N) is 4. The van der Waals surface area contributed by atoms with E-state index >= 15 is 0 Å². The third-order valence-electron chi connectivity index (χ3n) is 5.34. The molecule has 1 aliphatic rings. The van der Waals surface area contributed by atoms with Crippen molar-refractivity contribution in [3.05, 3.63) is 51.7 Å². The average molecular weight is 411 g/mol. The second-order valence-corrected chi connectivity index (χ2v) is 8.78. The highest BCUT2D eigenvalue weighted by Gasteiger charge is 2.23. The van der Waals surface area contributed by atoms with Crippen molar-refractivity contribution in [2.75, 3.05) is 50.7 Å². The second-order valence-electron chi connectivity index (χ2n) is 7.75. The number of nitriles is 1. The van der Waals surface area contributed by atoms with Crippen LogP contribution in [-0.4, -0.2) is 61.5 Å². The van der Waals surface area contributed by atoms with Crippen LogP contribution in [0.5, 0.6) is 0 Å². The topological polar surface area (TPSA) is 50.6 Å². The van der Waals surface area contributed by atoms with Crippen molar-refractivity contribution >= 4 is 22.9 Å². The van der Waals surface area contributed by atoms with Crippen LogP contribution >= 0.6 is 11.3 Å². The molecule has 1 aliphatic heterocycles. The zero-order valence-corrected chi connectivity index (χ0v) is 18.2. The highest BCUT2D eigenvalue weighted by molar-refractivity contribution is 7.09. The van der Waals surface area contributed by atoms with Crippen molar-refractivity contribution in [1.29, 1.82) is 5.26 Å². The number of carbonyl (C=O) groups excluding carboxylic acids is 1. The SMILES string of the molecule is Cc1cc(C)cc(N(CCC#N)C(=O)CN2CCN(CCc3cccs3)CC2)c1. The average Bonchev–Trinajstić information content (AvgIpc) is 3.21. The lowest BCUT2D eigenvalue weighted by molar-refractivity contribution is -0.120. The molecule has 0 radical (unpaired) electrons. The Morgan fingerprint density at radius 1 is 1.14 bits per heavy atom. The molecule has 0 atom stereocenters. The summed E-state index contributed by atoms with van der Waals surface area (Å²) in [5, 5.41) is 11.2. The van der Waals surface area contributed by atoms with E-state index < -0.39 is 0 Å². The lowest BCUT2D eigenvalue weighted by Gasteiger charge is -2.35. The van der Waals surface area contributed by atoms with E-state index in [0.29, 0.717) is 19.5 Å². The molecular formula is C23H30N4OS. The Kier molecular flexibility index (Phi) is 7.82. The van der Waals surface area contributed by atoms with E-state index in [-0.39, 0.29) is 5.91 Å². The summed E-state index contributed by atoms with van der Waals surface area (Å²) in [6.07, 6.45) is 1.44. The van der Waals surface area contributed by atoms with Crippen LogP contribution in [0, 0.1) is 25.2 Å². The van der Waals surface area contributed by atoms with Crippen LogP contribution in [0.4, 0.5) is 5.69 Å². The molecule has 0 N–H and O–H groups in total. The molecule has 0 spiro atoms. The molecule has 6 heteroatoms. The lowest BCUT2D eigenvalue weighted by atomic mass is 10.1. The molecule has 0 unspecified atom stereocenters. The zero-order valence-electron chi connectivity index (χ0n) is 17.4. The van der Waals surface area contributed by atoms with Gasteiger partial charge >= 0.3 is 0 Å². The minimum Gasteiger partial charge on any atom is -0.310 e. The molecule has 0 bridgehead atoms. The molecule has 29 heavy (non-hydrogen) atoms. The van der Waals surface area contributed by atoms with Gasteiger partial charge in [0, 0.05) is 49.8 Å². The minimum absolute atomic E-state index is 0.0808. The smallest absolute Gasteiger partial charge is 0.241 e. The Morgan fingerprint density at radius 3 is 2.45 bits per heavy atom. The van der Waals surface area contributed by atoms with E-state index in [4.69, 9.17) is 5.26 Å². The van der Waals surface area contributed by atoms with Gasteiger partial charge in [0.15, 0.2) is 0 Å². The number of benzene rings is 1. The molecule has 0 saturated carbocycles. The number of hydrogen-bond donors (Lipinski definition) is 0. The van der Waals surface area contributed by atoms with Crippen molar-refractivity contribution < 1.29 is 4.79 Å². The number of aryl methyl sites for hydroxylation is 2. The normalized spacial score (nSPS) is 15.2. The number of anilines is 1. The van der Waals surface area contributed by atoms with Crippen molar-refractivity contribution in [3.8, 4) is 6.07 Å². The first-order valence-electron chi connectivity index (χ1n) is 10.3.